The predicted molar refractivity (Wildman–Crippen MR) is 186 cm³/mol. The second kappa shape index (κ2) is 9.49. The van der Waals surface area contributed by atoms with Gasteiger partial charge in [0, 0.05) is 63.3 Å². The highest BCUT2D eigenvalue weighted by Crippen LogP contribution is 2.38. The monoisotopic (exact) mass is 592 g/mol. The van der Waals surface area contributed by atoms with Crippen LogP contribution in [0.4, 0.5) is 5.69 Å². The fourth-order valence-corrected chi connectivity index (χ4v) is 7.91. The highest BCUT2D eigenvalue weighted by Gasteiger charge is 2.25. The zero-order chi connectivity index (χ0) is 30.6. The molecule has 3 N–H and O–H groups in total. The maximum absolute atomic E-state index is 3.75. The minimum Gasteiger partial charge on any atom is -0.339 e. The van der Waals surface area contributed by atoms with Crippen molar-refractivity contribution in [2.45, 2.75) is 59.8 Å². The molecule has 0 saturated carbocycles. The predicted octanol–water partition coefficient (Wildman–Crippen LogP) is 8.74. The van der Waals surface area contributed by atoms with Gasteiger partial charge in [-0.25, -0.2) is 5.43 Å². The number of hydrogen-bond acceptors (Lipinski definition) is 2. The van der Waals surface area contributed by atoms with Crippen LogP contribution >= 0.6 is 0 Å². The molecule has 0 amide bonds. The Bertz CT molecular complexity index is 2460. The zero-order valence-electron chi connectivity index (χ0n) is 26.4. The number of anilines is 1. The summed E-state index contributed by atoms with van der Waals surface area (Å²) in [7, 11) is 0. The first-order valence-corrected chi connectivity index (χ1v) is 16.2. The van der Waals surface area contributed by atoms with Crippen molar-refractivity contribution in [3.05, 3.63) is 90.8 Å². The van der Waals surface area contributed by atoms with Crippen LogP contribution in [-0.2, 0) is 13.1 Å². The third-order valence-corrected chi connectivity index (χ3v) is 9.82. The van der Waals surface area contributed by atoms with Crippen molar-refractivity contribution in [3.63, 3.8) is 0 Å². The summed E-state index contributed by atoms with van der Waals surface area (Å²) in [6.07, 6.45) is 2.25. The van der Waals surface area contributed by atoms with Crippen molar-refractivity contribution in [2.24, 2.45) is 0 Å². The van der Waals surface area contributed by atoms with E-state index in [9.17, 15) is 0 Å². The fraction of sp³-hybridized carbons (Fsp3) is 0.237. The smallest absolute Gasteiger partial charge is 0.237 e. The summed E-state index contributed by atoms with van der Waals surface area (Å²) in [6.45, 7) is 13.0. The van der Waals surface area contributed by atoms with E-state index in [4.69, 9.17) is 0 Å². The summed E-state index contributed by atoms with van der Waals surface area (Å²) in [4.78, 5) is 0. The van der Waals surface area contributed by atoms with Gasteiger partial charge in [0.15, 0.2) is 0 Å². The van der Waals surface area contributed by atoms with Crippen molar-refractivity contribution in [1.29, 1.82) is 0 Å². The summed E-state index contributed by atoms with van der Waals surface area (Å²) in [5.41, 5.74) is 20.3. The third-order valence-electron chi connectivity index (χ3n) is 9.82. The Kier molecular flexibility index (Phi) is 5.57. The molecule has 0 atom stereocenters. The van der Waals surface area contributed by atoms with Crippen LogP contribution in [0.15, 0.2) is 85.1 Å². The average Bonchev–Trinajstić information content (AvgIpc) is 3.84. The second-order valence-corrected chi connectivity index (χ2v) is 13.0. The summed E-state index contributed by atoms with van der Waals surface area (Å²) in [5, 5.41) is 8.88. The SMILES string of the molecule is CCn1c2cc(-c3ccc4c5ccccc5n(C(C)C)c4c3)ccc2c2[nH][n+](-c3ccc4c5c(n(C(C)C)c4c3)CNN5)cc21. The van der Waals surface area contributed by atoms with Gasteiger partial charge in [-0.3, -0.25) is 0 Å². The van der Waals surface area contributed by atoms with Gasteiger partial charge in [-0.2, -0.15) is 5.10 Å². The first kappa shape index (κ1) is 26.4. The van der Waals surface area contributed by atoms with Gasteiger partial charge in [-0.1, -0.05) is 41.1 Å². The molecular formula is C38H38N7+. The van der Waals surface area contributed by atoms with Crippen molar-refractivity contribution in [3.8, 4) is 16.8 Å². The van der Waals surface area contributed by atoms with E-state index in [1.54, 1.807) is 0 Å². The number of aromatic amines is 1. The van der Waals surface area contributed by atoms with E-state index in [1.165, 1.54) is 77.2 Å². The Morgan fingerprint density at radius 3 is 2.16 bits per heavy atom. The quantitative estimate of drug-likeness (QED) is 0.175. The largest absolute Gasteiger partial charge is 0.339 e. The van der Waals surface area contributed by atoms with Crippen LogP contribution in [0, 0.1) is 0 Å². The fourth-order valence-electron chi connectivity index (χ4n) is 7.91. The first-order valence-electron chi connectivity index (χ1n) is 16.2. The van der Waals surface area contributed by atoms with E-state index >= 15 is 0 Å². The number of aromatic nitrogens is 5. The molecule has 7 heteroatoms. The normalized spacial score (nSPS) is 13.5. The van der Waals surface area contributed by atoms with Crippen LogP contribution in [0.2, 0.25) is 0 Å². The Hall–Kier alpha value is -5.01. The first-order chi connectivity index (χ1) is 21.9. The molecule has 9 rings (SSSR count). The van der Waals surface area contributed by atoms with Crippen molar-refractivity contribution < 1.29 is 4.68 Å². The molecule has 0 saturated heterocycles. The number of benzene rings is 4. The minimum absolute atomic E-state index is 0.373. The highest BCUT2D eigenvalue weighted by atomic mass is 15.4. The molecule has 1 aliphatic rings. The van der Waals surface area contributed by atoms with Gasteiger partial charge in [0.1, 0.15) is 11.0 Å². The van der Waals surface area contributed by atoms with E-state index in [2.05, 4.69) is 154 Å². The maximum Gasteiger partial charge on any atom is 0.237 e. The molecular weight excluding hydrogens is 554 g/mol. The molecule has 5 heterocycles. The lowest BCUT2D eigenvalue weighted by atomic mass is 10.0. The third kappa shape index (κ3) is 3.64. The van der Waals surface area contributed by atoms with Gasteiger partial charge in [0.05, 0.1) is 29.0 Å². The number of aryl methyl sites for hydroxylation is 1. The van der Waals surface area contributed by atoms with Crippen molar-refractivity contribution in [2.75, 3.05) is 5.43 Å². The molecule has 0 fully saturated rings. The summed E-state index contributed by atoms with van der Waals surface area (Å²) in [6, 6.07) is 30.2. The topological polar surface area (TPSA) is 58.5 Å². The number of hydrogen-bond donors (Lipinski definition) is 3. The van der Waals surface area contributed by atoms with Crippen LogP contribution in [0.1, 0.15) is 52.4 Å². The molecule has 4 aromatic heterocycles. The van der Waals surface area contributed by atoms with Crippen LogP contribution in [-0.4, -0.2) is 18.8 Å². The van der Waals surface area contributed by atoms with Crippen LogP contribution in [0.5, 0.6) is 0 Å². The van der Waals surface area contributed by atoms with Gasteiger partial charge in [0.2, 0.25) is 11.9 Å². The number of nitrogens with zero attached hydrogens (tertiary/aromatic N) is 4. The van der Waals surface area contributed by atoms with Gasteiger partial charge in [-0.15, -0.1) is 0 Å². The summed E-state index contributed by atoms with van der Waals surface area (Å²) < 4.78 is 9.53. The Morgan fingerprint density at radius 1 is 0.689 bits per heavy atom. The minimum atomic E-state index is 0.373. The molecule has 4 aromatic carbocycles. The van der Waals surface area contributed by atoms with E-state index in [-0.39, 0.29) is 0 Å². The Morgan fingerprint density at radius 2 is 1.38 bits per heavy atom. The second-order valence-electron chi connectivity index (χ2n) is 13.0. The molecule has 8 aromatic rings. The van der Waals surface area contributed by atoms with Gasteiger partial charge < -0.3 is 19.1 Å². The van der Waals surface area contributed by atoms with Crippen LogP contribution in [0.3, 0.4) is 0 Å². The Balaban J connectivity index is 1.17. The van der Waals surface area contributed by atoms with E-state index < -0.39 is 0 Å². The highest BCUT2D eigenvalue weighted by molar-refractivity contribution is 6.10. The summed E-state index contributed by atoms with van der Waals surface area (Å²) in [5.74, 6) is 0. The molecule has 45 heavy (non-hydrogen) atoms. The van der Waals surface area contributed by atoms with Crippen LogP contribution in [0.25, 0.3) is 71.5 Å². The average molecular weight is 593 g/mol. The number of H-pyrrole nitrogens is 1. The molecule has 1 aliphatic heterocycles. The van der Waals surface area contributed by atoms with Gasteiger partial charge in [-0.05, 0) is 76.1 Å². The van der Waals surface area contributed by atoms with Crippen molar-refractivity contribution >= 4 is 60.3 Å². The molecule has 0 aliphatic carbocycles. The van der Waals surface area contributed by atoms with Crippen LogP contribution < -0.4 is 15.5 Å². The van der Waals surface area contributed by atoms with E-state index in [0.29, 0.717) is 12.1 Å². The summed E-state index contributed by atoms with van der Waals surface area (Å²) >= 11 is 0. The standard InChI is InChI=1S/C38H37N7/c1-6-42-32-17-24(25-11-14-28-27-9-7-8-10-31(27)44(22(2)3)33(28)18-25)12-15-29(32)38-36(42)21-43(41-38)26-13-16-30-34(19-26)45(23(4)5)35-20-39-40-37(30)35/h7-19,21-23,39-40H,6,20H2,1-5H3/p+1. The van der Waals surface area contributed by atoms with E-state index in [0.717, 1.165) is 18.8 Å². The molecule has 0 bridgehead atoms. The molecule has 0 radical (unpaired) electrons. The number of hydrazine groups is 1. The number of nitrogens with one attached hydrogen (secondary N) is 3. The lowest BCUT2D eigenvalue weighted by molar-refractivity contribution is -0.653. The van der Waals surface area contributed by atoms with Crippen molar-refractivity contribution in [1.82, 2.24) is 24.2 Å². The number of rotatable bonds is 5. The lowest BCUT2D eigenvalue weighted by Crippen LogP contribution is -2.31. The molecule has 0 unspecified atom stereocenters. The lowest BCUT2D eigenvalue weighted by Gasteiger charge is -2.12. The Labute approximate surface area is 261 Å². The molecule has 0 spiro atoms. The number of para-hydroxylation sites is 1. The molecule has 7 nitrogen and oxygen atoms in total. The van der Waals surface area contributed by atoms with Gasteiger partial charge in [0.25, 0.3) is 0 Å². The van der Waals surface area contributed by atoms with Gasteiger partial charge >= 0.3 is 0 Å². The molecule has 224 valence electrons. The maximum atomic E-state index is 3.75. The number of fused-ring (bicyclic) bond motifs is 9. The van der Waals surface area contributed by atoms with E-state index in [1.807, 2.05) is 0 Å². The zero-order valence-corrected chi connectivity index (χ0v) is 26.4.